The van der Waals surface area contributed by atoms with Gasteiger partial charge in [0.25, 0.3) is 5.56 Å². The van der Waals surface area contributed by atoms with Crippen LogP contribution in [0.5, 0.6) is 0 Å². The van der Waals surface area contributed by atoms with Crippen molar-refractivity contribution in [3.63, 3.8) is 0 Å². The third-order valence-corrected chi connectivity index (χ3v) is 5.72. The Bertz CT molecular complexity index is 764. The van der Waals surface area contributed by atoms with Gasteiger partial charge in [0, 0.05) is 26.1 Å². The van der Waals surface area contributed by atoms with Crippen LogP contribution in [0.15, 0.2) is 4.79 Å². The van der Waals surface area contributed by atoms with Gasteiger partial charge >= 0.3 is 6.18 Å². The number of rotatable bonds is 11. The number of H-pyrrole nitrogens is 1. The molecule has 1 aromatic rings. The number of aromatic nitrogens is 2. The Morgan fingerprint density at radius 1 is 1.13 bits per heavy atom. The van der Waals surface area contributed by atoms with E-state index in [1.54, 1.807) is 0 Å². The Balaban J connectivity index is 2.10. The Morgan fingerprint density at radius 3 is 2.47 bits per heavy atom. The molecule has 1 aliphatic rings. The molecular weight excluding hydrogens is 397 g/mol. The number of amides is 1. The van der Waals surface area contributed by atoms with E-state index in [0.29, 0.717) is 25.9 Å². The fourth-order valence-electron chi connectivity index (χ4n) is 4.22. The van der Waals surface area contributed by atoms with Crippen LogP contribution >= 0.6 is 0 Å². The molecule has 0 saturated heterocycles. The van der Waals surface area contributed by atoms with Crippen LogP contribution in [0, 0.1) is 0 Å². The molecule has 2 rings (SSSR count). The van der Waals surface area contributed by atoms with E-state index >= 15 is 0 Å². The highest BCUT2D eigenvalue weighted by molar-refractivity contribution is 5.76. The number of carbonyl (C=O) groups is 1. The van der Waals surface area contributed by atoms with E-state index < -0.39 is 17.3 Å². The first kappa shape index (κ1) is 24.4. The maximum absolute atomic E-state index is 13.3. The molecule has 1 aromatic heterocycles. The van der Waals surface area contributed by atoms with Gasteiger partial charge in [-0.1, -0.05) is 33.6 Å². The fraction of sp³-hybridized carbons (Fsp3) is 0.762. The van der Waals surface area contributed by atoms with Gasteiger partial charge in [-0.3, -0.25) is 14.5 Å². The summed E-state index contributed by atoms with van der Waals surface area (Å²) in [6.07, 6.45) is 0.279. The second kappa shape index (κ2) is 10.9. The van der Waals surface area contributed by atoms with Crippen molar-refractivity contribution in [1.82, 2.24) is 20.0 Å². The van der Waals surface area contributed by atoms with Crippen LogP contribution < -0.4 is 5.56 Å². The summed E-state index contributed by atoms with van der Waals surface area (Å²) in [6, 6.07) is -0.324. The summed E-state index contributed by atoms with van der Waals surface area (Å²) < 4.78 is 40.0. The van der Waals surface area contributed by atoms with Crippen molar-refractivity contribution in [2.45, 2.75) is 77.9 Å². The molecule has 6 nitrogen and oxygen atoms in total. The number of unbranched alkanes of at least 4 members (excludes halogenated alkanes) is 2. The highest BCUT2D eigenvalue weighted by Gasteiger charge is 2.42. The second-order valence-corrected chi connectivity index (χ2v) is 7.81. The maximum atomic E-state index is 13.3. The van der Waals surface area contributed by atoms with Crippen LogP contribution in [0.1, 0.15) is 82.2 Å². The first-order valence-corrected chi connectivity index (χ1v) is 10.9. The molecule has 0 bridgehead atoms. The van der Waals surface area contributed by atoms with E-state index in [1.165, 1.54) is 0 Å². The zero-order valence-electron chi connectivity index (χ0n) is 18.1. The minimum absolute atomic E-state index is 0.00629. The molecule has 1 amide bonds. The smallest absolute Gasteiger partial charge is 0.343 e. The molecule has 1 unspecified atom stereocenters. The summed E-state index contributed by atoms with van der Waals surface area (Å²) in [4.78, 5) is 28.3. The quantitative estimate of drug-likeness (QED) is 0.541. The van der Waals surface area contributed by atoms with Crippen molar-refractivity contribution in [2.24, 2.45) is 0 Å². The highest BCUT2D eigenvalue weighted by Crippen LogP contribution is 2.39. The van der Waals surface area contributed by atoms with Gasteiger partial charge in [-0.05, 0) is 37.8 Å². The molecule has 0 fully saturated rings. The molecule has 1 aliphatic carbocycles. The standard InChI is InChI=1S/C21H33F3N4O2/c1-4-7-8-13-28(12-5-2)17(29)11-14-27(6-3)16-10-9-15-18(21(22,23)24)20(30)26-25-19(15)16/h16H,4-14H2,1-3H3,(H,26,30). The lowest BCUT2D eigenvalue weighted by Crippen LogP contribution is -2.37. The molecule has 170 valence electrons. The Labute approximate surface area is 175 Å². The number of carbonyl (C=O) groups excluding carboxylic acids is 1. The van der Waals surface area contributed by atoms with Gasteiger partial charge in [-0.15, -0.1) is 0 Å². The van der Waals surface area contributed by atoms with E-state index in [9.17, 15) is 22.8 Å². The molecule has 1 heterocycles. The molecule has 9 heteroatoms. The first-order chi connectivity index (χ1) is 14.2. The number of aromatic amines is 1. The zero-order valence-corrected chi connectivity index (χ0v) is 18.1. The van der Waals surface area contributed by atoms with E-state index in [0.717, 1.165) is 38.8 Å². The lowest BCUT2D eigenvalue weighted by atomic mass is 10.1. The largest absolute Gasteiger partial charge is 0.422 e. The Kier molecular flexibility index (Phi) is 8.88. The number of halogens is 3. The van der Waals surface area contributed by atoms with Crippen LogP contribution in [0.25, 0.3) is 0 Å². The number of nitrogens with zero attached hydrogens (tertiary/aromatic N) is 3. The predicted octanol–water partition coefficient (Wildman–Crippen LogP) is 3.92. The van der Waals surface area contributed by atoms with Gasteiger partial charge in [0.1, 0.15) is 5.56 Å². The molecule has 0 radical (unpaired) electrons. The minimum atomic E-state index is -4.71. The molecule has 30 heavy (non-hydrogen) atoms. The van der Waals surface area contributed by atoms with Crippen molar-refractivity contribution in [3.05, 3.63) is 27.2 Å². The first-order valence-electron chi connectivity index (χ1n) is 10.9. The lowest BCUT2D eigenvalue weighted by molar-refractivity contribution is -0.139. The van der Waals surface area contributed by atoms with E-state index in [-0.39, 0.29) is 29.6 Å². The average Bonchev–Trinajstić information content (AvgIpc) is 3.10. The number of alkyl halides is 3. The van der Waals surface area contributed by atoms with Gasteiger partial charge in [0.05, 0.1) is 11.7 Å². The van der Waals surface area contributed by atoms with E-state index in [1.807, 2.05) is 28.7 Å². The van der Waals surface area contributed by atoms with Gasteiger partial charge in [0.2, 0.25) is 5.91 Å². The summed E-state index contributed by atoms with van der Waals surface area (Å²) in [5.41, 5.74) is -2.05. The second-order valence-electron chi connectivity index (χ2n) is 7.81. The molecule has 1 N–H and O–H groups in total. The predicted molar refractivity (Wildman–Crippen MR) is 109 cm³/mol. The molecule has 0 aliphatic heterocycles. The third-order valence-electron chi connectivity index (χ3n) is 5.72. The highest BCUT2D eigenvalue weighted by atomic mass is 19.4. The van der Waals surface area contributed by atoms with Crippen molar-refractivity contribution in [2.75, 3.05) is 26.2 Å². The number of fused-ring (bicyclic) bond motifs is 1. The number of hydrogen-bond donors (Lipinski definition) is 1. The summed E-state index contributed by atoms with van der Waals surface area (Å²) >= 11 is 0. The Morgan fingerprint density at radius 2 is 1.87 bits per heavy atom. The fourth-order valence-corrected chi connectivity index (χ4v) is 4.22. The van der Waals surface area contributed by atoms with Crippen LogP contribution in [-0.2, 0) is 17.4 Å². The van der Waals surface area contributed by atoms with Crippen molar-refractivity contribution in [1.29, 1.82) is 0 Å². The molecule has 0 aromatic carbocycles. The molecule has 1 atom stereocenters. The monoisotopic (exact) mass is 430 g/mol. The minimum Gasteiger partial charge on any atom is -0.343 e. The van der Waals surface area contributed by atoms with E-state index in [4.69, 9.17) is 0 Å². The lowest BCUT2D eigenvalue weighted by Gasteiger charge is -2.29. The Hall–Kier alpha value is -1.90. The van der Waals surface area contributed by atoms with Crippen LogP contribution in [0.2, 0.25) is 0 Å². The molecule has 0 spiro atoms. The van der Waals surface area contributed by atoms with Gasteiger partial charge < -0.3 is 4.90 Å². The van der Waals surface area contributed by atoms with E-state index in [2.05, 4.69) is 12.0 Å². The van der Waals surface area contributed by atoms with Crippen LogP contribution in [0.3, 0.4) is 0 Å². The zero-order chi connectivity index (χ0) is 22.3. The molecular formula is C21H33F3N4O2. The topological polar surface area (TPSA) is 69.3 Å². The van der Waals surface area contributed by atoms with Crippen molar-refractivity contribution < 1.29 is 18.0 Å². The number of nitrogens with one attached hydrogen (secondary N) is 1. The summed E-state index contributed by atoms with van der Waals surface area (Å²) in [6.45, 7) is 8.59. The average molecular weight is 431 g/mol. The third kappa shape index (κ3) is 5.83. The van der Waals surface area contributed by atoms with Crippen LogP contribution in [0.4, 0.5) is 13.2 Å². The SMILES string of the molecule is CCCCCN(CCC)C(=O)CCN(CC)C1CCc2c1n[nH]c(=O)c2C(F)(F)F. The summed E-state index contributed by atoms with van der Waals surface area (Å²) in [5, 5.41) is 5.97. The number of hydrogen-bond acceptors (Lipinski definition) is 4. The van der Waals surface area contributed by atoms with Crippen LogP contribution in [-0.4, -0.2) is 52.1 Å². The van der Waals surface area contributed by atoms with Gasteiger partial charge in [-0.2, -0.15) is 18.3 Å². The van der Waals surface area contributed by atoms with Crippen molar-refractivity contribution >= 4 is 5.91 Å². The normalized spacial score (nSPS) is 16.2. The summed E-state index contributed by atoms with van der Waals surface area (Å²) in [7, 11) is 0. The van der Waals surface area contributed by atoms with Gasteiger partial charge in [0.15, 0.2) is 0 Å². The van der Waals surface area contributed by atoms with Gasteiger partial charge in [-0.25, -0.2) is 5.10 Å². The van der Waals surface area contributed by atoms with Crippen molar-refractivity contribution in [3.8, 4) is 0 Å². The molecule has 0 saturated carbocycles. The summed E-state index contributed by atoms with van der Waals surface area (Å²) in [5.74, 6) is 0.0787. The maximum Gasteiger partial charge on any atom is 0.422 e.